The molecule has 1 saturated heterocycles. The van der Waals surface area contributed by atoms with Crippen LogP contribution in [0, 0.1) is 11.7 Å². The minimum absolute atomic E-state index is 0.279. The van der Waals surface area contributed by atoms with Gasteiger partial charge in [0.15, 0.2) is 0 Å². The van der Waals surface area contributed by atoms with Crippen LogP contribution in [0.1, 0.15) is 25.3 Å². The van der Waals surface area contributed by atoms with E-state index >= 15 is 0 Å². The van der Waals surface area contributed by atoms with Crippen molar-refractivity contribution in [3.05, 3.63) is 29.6 Å². The van der Waals surface area contributed by atoms with Gasteiger partial charge in [0.2, 0.25) is 0 Å². The van der Waals surface area contributed by atoms with Gasteiger partial charge in [-0.15, -0.1) is 0 Å². The van der Waals surface area contributed by atoms with Crippen LogP contribution in [0.3, 0.4) is 0 Å². The molecule has 0 aromatic heterocycles. The number of halogens is 1. The van der Waals surface area contributed by atoms with E-state index < -0.39 is 0 Å². The largest absolute Gasteiger partial charge is 0.393 e. The van der Waals surface area contributed by atoms with Crippen molar-refractivity contribution in [2.24, 2.45) is 5.92 Å². The maximum absolute atomic E-state index is 13.6. The van der Waals surface area contributed by atoms with Crippen molar-refractivity contribution in [2.75, 3.05) is 18.0 Å². The first-order valence-corrected chi connectivity index (χ1v) is 6.44. The standard InChI is InChI=1S/C14H20FNO2/c1-10(18)11-5-7-16(8-6-11)14-4-2-3-13(15)12(14)9-17/h2-4,10-11,17-18H,5-9H2,1H3. The Hall–Kier alpha value is -1.13. The molecule has 1 atom stereocenters. The van der Waals surface area contributed by atoms with Gasteiger partial charge >= 0.3 is 0 Å². The first-order valence-electron chi connectivity index (χ1n) is 6.44. The molecule has 18 heavy (non-hydrogen) atoms. The van der Waals surface area contributed by atoms with Crippen LogP contribution in [0.4, 0.5) is 10.1 Å². The number of nitrogens with zero attached hydrogens (tertiary/aromatic N) is 1. The highest BCUT2D eigenvalue weighted by molar-refractivity contribution is 5.54. The van der Waals surface area contributed by atoms with E-state index in [4.69, 9.17) is 0 Å². The third kappa shape index (κ3) is 2.65. The fourth-order valence-electron chi connectivity index (χ4n) is 2.62. The van der Waals surface area contributed by atoms with Crippen molar-refractivity contribution in [3.63, 3.8) is 0 Å². The molecule has 1 aromatic rings. The van der Waals surface area contributed by atoms with Crippen LogP contribution in [0.25, 0.3) is 0 Å². The van der Waals surface area contributed by atoms with Crippen molar-refractivity contribution >= 4 is 5.69 Å². The van der Waals surface area contributed by atoms with E-state index in [9.17, 15) is 14.6 Å². The zero-order chi connectivity index (χ0) is 13.1. The van der Waals surface area contributed by atoms with Crippen LogP contribution < -0.4 is 4.90 Å². The average molecular weight is 253 g/mol. The third-order valence-corrected chi connectivity index (χ3v) is 3.81. The summed E-state index contributed by atoms with van der Waals surface area (Å²) in [5, 5.41) is 18.8. The molecule has 1 aromatic carbocycles. The summed E-state index contributed by atoms with van der Waals surface area (Å²) in [4.78, 5) is 2.09. The molecule has 1 aliphatic rings. The van der Waals surface area contributed by atoms with Gasteiger partial charge in [-0.05, 0) is 37.8 Å². The molecule has 2 N–H and O–H groups in total. The lowest BCUT2D eigenvalue weighted by atomic mass is 9.91. The zero-order valence-electron chi connectivity index (χ0n) is 10.6. The second-order valence-electron chi connectivity index (χ2n) is 4.96. The number of anilines is 1. The SMILES string of the molecule is CC(O)C1CCN(c2cccc(F)c2CO)CC1. The summed E-state index contributed by atoms with van der Waals surface area (Å²) in [7, 11) is 0. The predicted molar refractivity (Wildman–Crippen MR) is 68.9 cm³/mol. The lowest BCUT2D eigenvalue weighted by Crippen LogP contribution is -2.37. The Morgan fingerprint density at radius 1 is 1.39 bits per heavy atom. The van der Waals surface area contributed by atoms with Crippen LogP contribution in [-0.4, -0.2) is 29.4 Å². The Bertz CT molecular complexity index is 401. The van der Waals surface area contributed by atoms with Gasteiger partial charge in [-0.3, -0.25) is 0 Å². The van der Waals surface area contributed by atoms with E-state index in [0.717, 1.165) is 31.6 Å². The number of aliphatic hydroxyl groups is 2. The van der Waals surface area contributed by atoms with Crippen molar-refractivity contribution in [1.82, 2.24) is 0 Å². The quantitative estimate of drug-likeness (QED) is 0.865. The molecule has 0 radical (unpaired) electrons. The second kappa shape index (κ2) is 5.67. The molecule has 0 spiro atoms. The fourth-order valence-corrected chi connectivity index (χ4v) is 2.62. The van der Waals surface area contributed by atoms with Crippen LogP contribution >= 0.6 is 0 Å². The summed E-state index contributed by atoms with van der Waals surface area (Å²) < 4.78 is 13.6. The van der Waals surface area contributed by atoms with E-state index in [2.05, 4.69) is 4.90 Å². The second-order valence-corrected chi connectivity index (χ2v) is 4.96. The summed E-state index contributed by atoms with van der Waals surface area (Å²) in [5.74, 6) is -0.0277. The molecule has 4 heteroatoms. The molecule has 1 aliphatic heterocycles. The van der Waals surface area contributed by atoms with Gasteiger partial charge in [0, 0.05) is 24.3 Å². The van der Waals surface area contributed by atoms with Crippen LogP contribution in [0.15, 0.2) is 18.2 Å². The Morgan fingerprint density at radius 2 is 2.06 bits per heavy atom. The molecule has 1 heterocycles. The molecular formula is C14H20FNO2. The van der Waals surface area contributed by atoms with Gasteiger partial charge in [0.1, 0.15) is 5.82 Å². The number of rotatable bonds is 3. The molecular weight excluding hydrogens is 233 g/mol. The molecule has 1 fully saturated rings. The summed E-state index contributed by atoms with van der Waals surface area (Å²) in [6.45, 7) is 3.14. The minimum atomic E-state index is -0.354. The minimum Gasteiger partial charge on any atom is -0.393 e. The molecule has 2 rings (SSSR count). The van der Waals surface area contributed by atoms with Crippen LogP contribution in [0.5, 0.6) is 0 Å². The molecule has 100 valence electrons. The monoisotopic (exact) mass is 253 g/mol. The summed E-state index contributed by atoms with van der Waals surface area (Å²) in [6, 6.07) is 4.89. The van der Waals surface area contributed by atoms with E-state index in [-0.39, 0.29) is 18.5 Å². The summed E-state index contributed by atoms with van der Waals surface area (Å²) in [5.41, 5.74) is 1.15. The van der Waals surface area contributed by atoms with Gasteiger partial charge in [0.05, 0.1) is 12.7 Å². The molecule has 3 nitrogen and oxygen atoms in total. The average Bonchev–Trinajstić information content (AvgIpc) is 2.38. The number of hydrogen-bond donors (Lipinski definition) is 2. The Kier molecular flexibility index (Phi) is 4.19. The lowest BCUT2D eigenvalue weighted by molar-refractivity contribution is 0.110. The number of piperidine rings is 1. The Labute approximate surface area is 107 Å². The van der Waals surface area contributed by atoms with E-state index in [0.29, 0.717) is 11.5 Å². The lowest BCUT2D eigenvalue weighted by Gasteiger charge is -2.35. The first kappa shape index (κ1) is 13.3. The molecule has 1 unspecified atom stereocenters. The van der Waals surface area contributed by atoms with E-state index in [1.165, 1.54) is 6.07 Å². The van der Waals surface area contributed by atoms with Crippen molar-refractivity contribution in [3.8, 4) is 0 Å². The summed E-state index contributed by atoms with van der Waals surface area (Å²) in [6.07, 6.45) is 1.52. The topological polar surface area (TPSA) is 43.7 Å². The van der Waals surface area contributed by atoms with Gasteiger partial charge < -0.3 is 15.1 Å². The van der Waals surface area contributed by atoms with Gasteiger partial charge in [-0.1, -0.05) is 6.07 Å². The summed E-state index contributed by atoms with van der Waals surface area (Å²) >= 11 is 0. The van der Waals surface area contributed by atoms with Gasteiger partial charge in [0.25, 0.3) is 0 Å². The molecule has 0 amide bonds. The fraction of sp³-hybridized carbons (Fsp3) is 0.571. The highest BCUT2D eigenvalue weighted by Crippen LogP contribution is 2.29. The van der Waals surface area contributed by atoms with Gasteiger partial charge in [-0.2, -0.15) is 0 Å². The number of hydrogen-bond acceptors (Lipinski definition) is 3. The van der Waals surface area contributed by atoms with Gasteiger partial charge in [-0.25, -0.2) is 4.39 Å². The molecule has 0 bridgehead atoms. The maximum Gasteiger partial charge on any atom is 0.130 e. The van der Waals surface area contributed by atoms with Crippen molar-refractivity contribution < 1.29 is 14.6 Å². The smallest absolute Gasteiger partial charge is 0.130 e. The van der Waals surface area contributed by atoms with Crippen LogP contribution in [0.2, 0.25) is 0 Å². The maximum atomic E-state index is 13.6. The van der Waals surface area contributed by atoms with E-state index in [1.807, 2.05) is 13.0 Å². The third-order valence-electron chi connectivity index (χ3n) is 3.81. The van der Waals surface area contributed by atoms with Crippen molar-refractivity contribution in [1.29, 1.82) is 0 Å². The normalized spacial score (nSPS) is 19.0. The van der Waals surface area contributed by atoms with Crippen LogP contribution in [-0.2, 0) is 6.61 Å². The van der Waals surface area contributed by atoms with E-state index in [1.54, 1.807) is 6.07 Å². The number of benzene rings is 1. The molecule has 0 aliphatic carbocycles. The van der Waals surface area contributed by atoms with Crippen molar-refractivity contribution in [2.45, 2.75) is 32.5 Å². The molecule has 0 saturated carbocycles. The first-order chi connectivity index (χ1) is 8.63. The highest BCUT2D eigenvalue weighted by atomic mass is 19.1. The Balaban J connectivity index is 2.12. The highest BCUT2D eigenvalue weighted by Gasteiger charge is 2.24. The zero-order valence-corrected chi connectivity index (χ0v) is 10.6. The number of aliphatic hydroxyl groups excluding tert-OH is 2. The predicted octanol–water partition coefficient (Wildman–Crippen LogP) is 1.92. The Morgan fingerprint density at radius 3 is 2.61 bits per heavy atom.